The van der Waals surface area contributed by atoms with Gasteiger partial charge in [0.05, 0.1) is 17.4 Å². The molecule has 9 nitrogen and oxygen atoms in total. The number of carbonyl (C=O) groups excluding carboxylic acids is 2. The summed E-state index contributed by atoms with van der Waals surface area (Å²) in [6.45, 7) is 4.95. The Balaban J connectivity index is 1.45. The number of likely N-dealkylation sites (N-methyl/N-ethyl adjacent to an activating group) is 1. The maximum absolute atomic E-state index is 13.7. The first-order valence-corrected chi connectivity index (χ1v) is 17.4. The van der Waals surface area contributed by atoms with Gasteiger partial charge in [0.2, 0.25) is 0 Å². The highest BCUT2D eigenvalue weighted by molar-refractivity contribution is 9.10. The Morgan fingerprint density at radius 1 is 0.956 bits per heavy atom. The van der Waals surface area contributed by atoms with E-state index in [0.29, 0.717) is 30.4 Å². The summed E-state index contributed by atoms with van der Waals surface area (Å²) in [4.78, 5) is 31.6. The third-order valence-corrected chi connectivity index (χ3v) is 10.5. The predicted octanol–water partition coefficient (Wildman–Crippen LogP) is 6.32. The van der Waals surface area contributed by atoms with Crippen LogP contribution in [0.5, 0.6) is 0 Å². The summed E-state index contributed by atoms with van der Waals surface area (Å²) in [5, 5.41) is 2.98. The maximum Gasteiger partial charge on any atom is 0.269 e. The topological polar surface area (TPSA) is 112 Å². The number of nitrogens with zero attached hydrogens (tertiary/aromatic N) is 2. The Labute approximate surface area is 271 Å². The van der Waals surface area contributed by atoms with Crippen molar-refractivity contribution in [3.8, 4) is 22.3 Å². The molecule has 2 amide bonds. The average molecular weight is 692 g/mol. The monoisotopic (exact) mass is 690 g/mol. The molecular formula is C34H35BrN4O5S. The van der Waals surface area contributed by atoms with Crippen LogP contribution in [0.3, 0.4) is 0 Å². The molecule has 2 N–H and O–H groups in total. The first-order chi connectivity index (χ1) is 21.7. The van der Waals surface area contributed by atoms with E-state index in [0.717, 1.165) is 52.4 Å². The van der Waals surface area contributed by atoms with Crippen molar-refractivity contribution in [1.82, 2.24) is 19.8 Å². The number of rotatable bonds is 11. The van der Waals surface area contributed by atoms with Gasteiger partial charge in [-0.15, -0.1) is 0 Å². The molecule has 0 aromatic heterocycles. The highest BCUT2D eigenvalue weighted by atomic mass is 79.9. The van der Waals surface area contributed by atoms with Crippen LogP contribution >= 0.6 is 15.9 Å². The normalized spacial score (nSPS) is 16.6. The molecule has 6 rings (SSSR count). The quantitative estimate of drug-likeness (QED) is 0.190. The number of nitrogens with one attached hydrogen (secondary N) is 2. The molecule has 2 aromatic rings. The number of halogens is 1. The van der Waals surface area contributed by atoms with Gasteiger partial charge in [0.15, 0.2) is 0 Å². The van der Waals surface area contributed by atoms with Gasteiger partial charge in [-0.25, -0.2) is 13.1 Å². The standard InChI is InChI=1S/C34H35BrN4O5S/c1-3-10-30-38(22-15-16-22)20-29(34(41)36-4-2)39(30)19-27-24-17-18-44-21-28(24)32(35)31(27)25-13-8-9-14-26(25)33(40)37-45(42,43)23-11-6-5-7-12-23/h5-9,11-14,17-18,20-22,30H,3-4,10,15-16,19H2,1-2H3,(H,36,41)(H,37,40). The first-order valence-electron chi connectivity index (χ1n) is 15.2. The molecule has 1 fully saturated rings. The van der Waals surface area contributed by atoms with Crippen molar-refractivity contribution in [2.24, 2.45) is 0 Å². The zero-order chi connectivity index (χ0) is 31.7. The number of carbonyl (C=O) groups is 2. The second-order valence-electron chi connectivity index (χ2n) is 11.3. The highest BCUT2D eigenvalue weighted by Gasteiger charge is 2.42. The molecule has 4 aliphatic rings. The van der Waals surface area contributed by atoms with Gasteiger partial charge in [-0.3, -0.25) is 9.59 Å². The lowest BCUT2D eigenvalue weighted by atomic mass is 9.97. The van der Waals surface area contributed by atoms with Crippen LogP contribution in [-0.2, 0) is 21.4 Å². The Morgan fingerprint density at radius 2 is 1.69 bits per heavy atom. The molecule has 2 aliphatic heterocycles. The highest BCUT2D eigenvalue weighted by Crippen LogP contribution is 2.49. The van der Waals surface area contributed by atoms with Crippen molar-refractivity contribution in [1.29, 1.82) is 0 Å². The van der Waals surface area contributed by atoms with Crippen LogP contribution in [0.2, 0.25) is 0 Å². The Morgan fingerprint density at radius 3 is 2.40 bits per heavy atom. The van der Waals surface area contributed by atoms with Gasteiger partial charge in [-0.1, -0.05) is 49.7 Å². The van der Waals surface area contributed by atoms with Crippen molar-refractivity contribution in [3.63, 3.8) is 0 Å². The minimum Gasteiger partial charge on any atom is -0.472 e. The summed E-state index contributed by atoms with van der Waals surface area (Å²) in [6.07, 6.45) is 9.27. The largest absolute Gasteiger partial charge is 0.472 e. The summed E-state index contributed by atoms with van der Waals surface area (Å²) in [5.74, 6) is -0.866. The summed E-state index contributed by atoms with van der Waals surface area (Å²) in [6, 6.07) is 17.1. The van der Waals surface area contributed by atoms with Gasteiger partial charge < -0.3 is 19.5 Å². The molecule has 0 saturated heterocycles. The van der Waals surface area contributed by atoms with Gasteiger partial charge in [0.25, 0.3) is 21.8 Å². The van der Waals surface area contributed by atoms with Gasteiger partial charge in [0, 0.05) is 46.5 Å². The molecule has 234 valence electrons. The lowest BCUT2D eigenvalue weighted by Gasteiger charge is -2.34. The van der Waals surface area contributed by atoms with Crippen molar-refractivity contribution in [2.45, 2.75) is 63.2 Å². The molecule has 2 heterocycles. The van der Waals surface area contributed by atoms with Crippen LogP contribution in [0.15, 0.2) is 98.9 Å². The van der Waals surface area contributed by atoms with Crippen molar-refractivity contribution in [3.05, 3.63) is 101 Å². The molecule has 1 saturated carbocycles. The molecule has 11 heteroatoms. The van der Waals surface area contributed by atoms with Crippen LogP contribution in [0.25, 0.3) is 22.3 Å². The van der Waals surface area contributed by atoms with Crippen LogP contribution in [0.1, 0.15) is 55.5 Å². The Kier molecular flexibility index (Phi) is 8.74. The Hall–Kier alpha value is -4.09. The van der Waals surface area contributed by atoms with Crippen LogP contribution < -0.4 is 10.0 Å². The third-order valence-electron chi connectivity index (χ3n) is 8.29. The van der Waals surface area contributed by atoms with E-state index >= 15 is 0 Å². The second kappa shape index (κ2) is 12.7. The van der Waals surface area contributed by atoms with Crippen molar-refractivity contribution >= 4 is 37.8 Å². The molecule has 2 aromatic carbocycles. The van der Waals surface area contributed by atoms with Gasteiger partial charge in [-0.05, 0) is 83.1 Å². The van der Waals surface area contributed by atoms with E-state index in [2.05, 4.69) is 42.7 Å². The van der Waals surface area contributed by atoms with Crippen molar-refractivity contribution in [2.75, 3.05) is 6.54 Å². The van der Waals surface area contributed by atoms with E-state index in [-0.39, 0.29) is 22.5 Å². The number of fused-ring (bicyclic) bond motifs is 1. The maximum atomic E-state index is 13.7. The average Bonchev–Trinajstić information content (AvgIpc) is 3.77. The van der Waals surface area contributed by atoms with Crippen LogP contribution in [0.4, 0.5) is 0 Å². The SMILES string of the molecule is CCCC1N(Cc2c3ccocc-3c(Br)c2-c2ccccc2C(=O)NS(=O)(=O)c2ccccc2)C(C(=O)NCC)=CN1C1CC1. The van der Waals surface area contributed by atoms with Gasteiger partial charge in [0.1, 0.15) is 11.9 Å². The molecule has 0 radical (unpaired) electrons. The summed E-state index contributed by atoms with van der Waals surface area (Å²) < 4.78 is 34.7. The third kappa shape index (κ3) is 5.98. The second-order valence-corrected chi connectivity index (χ2v) is 13.8. The molecule has 45 heavy (non-hydrogen) atoms. The number of benzene rings is 2. The number of amides is 2. The fraction of sp³-hybridized carbons (Fsp3) is 0.294. The van der Waals surface area contributed by atoms with Crippen molar-refractivity contribution < 1.29 is 22.4 Å². The fourth-order valence-electron chi connectivity index (χ4n) is 6.09. The van der Waals surface area contributed by atoms with Gasteiger partial charge in [-0.2, -0.15) is 0 Å². The summed E-state index contributed by atoms with van der Waals surface area (Å²) >= 11 is 3.80. The number of hydrogen-bond acceptors (Lipinski definition) is 7. The minimum atomic E-state index is -4.11. The zero-order valence-corrected chi connectivity index (χ0v) is 27.5. The van der Waals surface area contributed by atoms with E-state index in [4.69, 9.17) is 4.42 Å². The number of hydrogen-bond donors (Lipinski definition) is 2. The molecular weight excluding hydrogens is 656 g/mol. The smallest absolute Gasteiger partial charge is 0.269 e. The zero-order valence-electron chi connectivity index (χ0n) is 25.1. The molecule has 1 unspecified atom stereocenters. The van der Waals surface area contributed by atoms with E-state index in [1.54, 1.807) is 42.9 Å². The lowest BCUT2D eigenvalue weighted by molar-refractivity contribution is -0.119. The van der Waals surface area contributed by atoms with E-state index in [9.17, 15) is 18.0 Å². The lowest BCUT2D eigenvalue weighted by Crippen LogP contribution is -2.42. The first kappa shape index (κ1) is 30.9. The van der Waals surface area contributed by atoms with Gasteiger partial charge >= 0.3 is 0 Å². The molecule has 0 spiro atoms. The minimum absolute atomic E-state index is 0.000334. The summed E-state index contributed by atoms with van der Waals surface area (Å²) in [7, 11) is -4.11. The molecule has 0 bridgehead atoms. The fourth-order valence-corrected chi connectivity index (χ4v) is 7.84. The van der Waals surface area contributed by atoms with E-state index < -0.39 is 15.9 Å². The van der Waals surface area contributed by atoms with Crippen LogP contribution in [-0.4, -0.2) is 48.8 Å². The van der Waals surface area contributed by atoms with Crippen LogP contribution in [0, 0.1) is 0 Å². The summed E-state index contributed by atoms with van der Waals surface area (Å²) in [5.41, 5.74) is 4.73. The predicted molar refractivity (Wildman–Crippen MR) is 175 cm³/mol. The van der Waals surface area contributed by atoms with E-state index in [1.165, 1.54) is 12.1 Å². The molecule has 1 atom stereocenters. The number of sulfonamides is 1. The Bertz CT molecular complexity index is 1830. The molecule has 2 aliphatic carbocycles. The van der Waals surface area contributed by atoms with E-state index in [1.807, 2.05) is 31.3 Å².